The summed E-state index contributed by atoms with van der Waals surface area (Å²) in [5.41, 5.74) is 0. The number of hydrogen-bond acceptors (Lipinski definition) is 3. The molecule has 1 atom stereocenters. The van der Waals surface area contributed by atoms with Crippen LogP contribution >= 0.6 is 34.3 Å². The van der Waals surface area contributed by atoms with Crippen LogP contribution in [-0.2, 0) is 0 Å². The molecule has 0 aromatic carbocycles. The molecule has 0 radical (unpaired) electrons. The van der Waals surface area contributed by atoms with E-state index in [4.69, 9.17) is 16.3 Å². The quantitative estimate of drug-likeness (QED) is 0.738. The predicted octanol–water partition coefficient (Wildman–Crippen LogP) is 4.15. The minimum absolute atomic E-state index is 0.0381. The lowest BCUT2D eigenvalue weighted by Crippen LogP contribution is -1.83. The fourth-order valence-corrected chi connectivity index (χ4v) is 3.20. The molecular formula is C10H9ClOS2. The molecule has 2 heterocycles. The molecule has 2 rings (SSSR count). The van der Waals surface area contributed by atoms with E-state index in [1.165, 1.54) is 4.88 Å². The average Bonchev–Trinajstić information content (AvgIpc) is 2.88. The highest BCUT2D eigenvalue weighted by Gasteiger charge is 2.14. The molecule has 0 aliphatic carbocycles. The molecule has 0 saturated heterocycles. The standard InChI is InChI=1S/C10H9ClOS2/c1-12-9-5-4-8(14-9)10(11)7-3-2-6-13-7/h2-6,10H,1H3. The average molecular weight is 245 g/mol. The summed E-state index contributed by atoms with van der Waals surface area (Å²) in [6.07, 6.45) is 0. The van der Waals surface area contributed by atoms with Crippen molar-refractivity contribution in [3.8, 4) is 5.06 Å². The molecule has 1 nitrogen and oxygen atoms in total. The lowest BCUT2D eigenvalue weighted by Gasteiger charge is -2.02. The van der Waals surface area contributed by atoms with Gasteiger partial charge in [-0.15, -0.1) is 34.3 Å². The lowest BCUT2D eigenvalue weighted by atomic mass is 10.3. The second kappa shape index (κ2) is 4.34. The molecule has 1 unspecified atom stereocenters. The van der Waals surface area contributed by atoms with Crippen LogP contribution in [-0.4, -0.2) is 7.11 Å². The van der Waals surface area contributed by atoms with Gasteiger partial charge in [0, 0.05) is 9.75 Å². The van der Waals surface area contributed by atoms with Gasteiger partial charge in [0.1, 0.15) is 5.38 Å². The van der Waals surface area contributed by atoms with Crippen LogP contribution in [0.25, 0.3) is 0 Å². The van der Waals surface area contributed by atoms with Crippen LogP contribution in [0.5, 0.6) is 5.06 Å². The van der Waals surface area contributed by atoms with E-state index in [9.17, 15) is 0 Å². The van der Waals surface area contributed by atoms with Gasteiger partial charge in [0.2, 0.25) is 0 Å². The van der Waals surface area contributed by atoms with Gasteiger partial charge in [0.25, 0.3) is 0 Å². The van der Waals surface area contributed by atoms with Crippen LogP contribution in [0.4, 0.5) is 0 Å². The van der Waals surface area contributed by atoms with E-state index in [1.54, 1.807) is 29.8 Å². The van der Waals surface area contributed by atoms with Crippen LogP contribution in [0.15, 0.2) is 29.6 Å². The van der Waals surface area contributed by atoms with Crippen molar-refractivity contribution in [2.45, 2.75) is 5.38 Å². The fraction of sp³-hybridized carbons (Fsp3) is 0.200. The third-order valence-corrected chi connectivity index (χ3v) is 4.62. The monoisotopic (exact) mass is 244 g/mol. The van der Waals surface area contributed by atoms with E-state index in [-0.39, 0.29) is 5.38 Å². The minimum Gasteiger partial charge on any atom is -0.487 e. The summed E-state index contributed by atoms with van der Waals surface area (Å²) in [6.45, 7) is 0. The Morgan fingerprint density at radius 1 is 1.29 bits per heavy atom. The number of methoxy groups -OCH3 is 1. The molecule has 2 aromatic rings. The highest BCUT2D eigenvalue weighted by molar-refractivity contribution is 7.14. The normalized spacial score (nSPS) is 12.7. The predicted molar refractivity (Wildman–Crippen MR) is 62.9 cm³/mol. The smallest absolute Gasteiger partial charge is 0.173 e. The molecule has 0 amide bonds. The Labute approximate surface area is 95.9 Å². The lowest BCUT2D eigenvalue weighted by molar-refractivity contribution is 0.427. The molecular weight excluding hydrogens is 236 g/mol. The van der Waals surface area contributed by atoms with Crippen molar-refractivity contribution in [1.82, 2.24) is 0 Å². The molecule has 0 spiro atoms. The first-order valence-corrected chi connectivity index (χ1v) is 6.25. The number of hydrogen-bond donors (Lipinski definition) is 0. The molecule has 0 N–H and O–H groups in total. The van der Waals surface area contributed by atoms with Gasteiger partial charge in [0.15, 0.2) is 5.06 Å². The maximum absolute atomic E-state index is 6.31. The van der Waals surface area contributed by atoms with Crippen LogP contribution in [0, 0.1) is 0 Å². The Hall–Kier alpha value is -0.510. The molecule has 14 heavy (non-hydrogen) atoms. The summed E-state index contributed by atoms with van der Waals surface area (Å²) in [4.78, 5) is 2.31. The van der Waals surface area contributed by atoms with Gasteiger partial charge in [-0.25, -0.2) is 0 Å². The van der Waals surface area contributed by atoms with E-state index in [0.29, 0.717) is 0 Å². The first kappa shape index (κ1) is 10.0. The maximum Gasteiger partial charge on any atom is 0.173 e. The molecule has 4 heteroatoms. The SMILES string of the molecule is COc1ccc(C(Cl)c2cccs2)s1. The van der Waals surface area contributed by atoms with Gasteiger partial charge in [-0.3, -0.25) is 0 Å². The topological polar surface area (TPSA) is 9.23 Å². The molecule has 0 aliphatic rings. The van der Waals surface area contributed by atoms with Crippen molar-refractivity contribution < 1.29 is 4.74 Å². The van der Waals surface area contributed by atoms with Crippen molar-refractivity contribution >= 4 is 34.3 Å². The number of halogens is 1. The molecule has 0 saturated carbocycles. The van der Waals surface area contributed by atoms with Gasteiger partial charge in [-0.2, -0.15) is 0 Å². The second-order valence-corrected chi connectivity index (χ2v) is 5.23. The van der Waals surface area contributed by atoms with Crippen molar-refractivity contribution in [1.29, 1.82) is 0 Å². The fourth-order valence-electron chi connectivity index (χ4n) is 1.16. The van der Waals surface area contributed by atoms with Crippen molar-refractivity contribution in [2.75, 3.05) is 7.11 Å². The highest BCUT2D eigenvalue weighted by atomic mass is 35.5. The van der Waals surface area contributed by atoms with Crippen LogP contribution in [0.2, 0.25) is 0 Å². The number of thiophene rings is 2. The zero-order chi connectivity index (χ0) is 9.97. The Kier molecular flexibility index (Phi) is 3.11. The Morgan fingerprint density at radius 3 is 2.71 bits per heavy atom. The Balaban J connectivity index is 2.23. The van der Waals surface area contributed by atoms with Crippen LogP contribution < -0.4 is 4.74 Å². The summed E-state index contributed by atoms with van der Waals surface area (Å²) >= 11 is 9.58. The van der Waals surface area contributed by atoms with E-state index in [2.05, 4.69) is 6.07 Å². The van der Waals surface area contributed by atoms with Gasteiger partial charge >= 0.3 is 0 Å². The highest BCUT2D eigenvalue weighted by Crippen LogP contribution is 2.38. The molecule has 74 valence electrons. The first-order valence-electron chi connectivity index (χ1n) is 4.12. The molecule has 0 bridgehead atoms. The van der Waals surface area contributed by atoms with Crippen molar-refractivity contribution in [3.63, 3.8) is 0 Å². The minimum atomic E-state index is -0.0381. The van der Waals surface area contributed by atoms with Gasteiger partial charge in [-0.1, -0.05) is 6.07 Å². The van der Waals surface area contributed by atoms with E-state index >= 15 is 0 Å². The Morgan fingerprint density at radius 2 is 2.14 bits per heavy atom. The third kappa shape index (κ3) is 1.95. The van der Waals surface area contributed by atoms with Gasteiger partial charge in [-0.05, 0) is 23.6 Å². The number of alkyl halides is 1. The number of rotatable bonds is 3. The maximum atomic E-state index is 6.31. The van der Waals surface area contributed by atoms with Crippen LogP contribution in [0.3, 0.4) is 0 Å². The number of ether oxygens (including phenoxy) is 1. The van der Waals surface area contributed by atoms with E-state index in [0.717, 1.165) is 9.94 Å². The summed E-state index contributed by atoms with van der Waals surface area (Å²) in [5, 5.41) is 2.90. The van der Waals surface area contributed by atoms with E-state index in [1.807, 2.05) is 23.6 Å². The Bertz CT molecular complexity index is 394. The summed E-state index contributed by atoms with van der Waals surface area (Å²) in [5.74, 6) is 0. The largest absolute Gasteiger partial charge is 0.487 e. The molecule has 0 fully saturated rings. The van der Waals surface area contributed by atoms with Crippen molar-refractivity contribution in [2.24, 2.45) is 0 Å². The van der Waals surface area contributed by atoms with Gasteiger partial charge < -0.3 is 4.74 Å². The van der Waals surface area contributed by atoms with E-state index < -0.39 is 0 Å². The summed E-state index contributed by atoms with van der Waals surface area (Å²) < 4.78 is 5.13. The summed E-state index contributed by atoms with van der Waals surface area (Å²) in [6, 6.07) is 8.03. The van der Waals surface area contributed by atoms with Crippen molar-refractivity contribution in [3.05, 3.63) is 39.4 Å². The molecule has 0 aliphatic heterocycles. The second-order valence-electron chi connectivity index (χ2n) is 2.74. The zero-order valence-corrected chi connectivity index (χ0v) is 9.96. The molecule has 2 aromatic heterocycles. The van der Waals surface area contributed by atoms with Crippen LogP contribution in [0.1, 0.15) is 15.1 Å². The van der Waals surface area contributed by atoms with Gasteiger partial charge in [0.05, 0.1) is 7.11 Å². The zero-order valence-electron chi connectivity index (χ0n) is 7.57. The third-order valence-electron chi connectivity index (χ3n) is 1.85. The first-order chi connectivity index (χ1) is 6.81. The summed E-state index contributed by atoms with van der Waals surface area (Å²) in [7, 11) is 1.67.